The number of hydrogen-bond acceptors (Lipinski definition) is 5. The SMILES string of the molecule is CC(C)(C)CCC(NC(=O)OCC1c2ccccc2-c2ccccc21)C(=O)N[C@@H](CO)C(=O)O. The number of carboxylic acid groups (broad SMARTS) is 1. The molecule has 0 saturated carbocycles. The summed E-state index contributed by atoms with van der Waals surface area (Å²) in [5, 5.41) is 23.2. The van der Waals surface area contributed by atoms with E-state index in [1.54, 1.807) is 0 Å². The molecule has 2 aromatic rings. The Morgan fingerprint density at radius 1 is 0.941 bits per heavy atom. The molecular weight excluding hydrogens is 436 g/mol. The van der Waals surface area contributed by atoms with Crippen molar-refractivity contribution in [3.8, 4) is 11.1 Å². The molecule has 3 rings (SSSR count). The molecule has 8 nitrogen and oxygen atoms in total. The topological polar surface area (TPSA) is 125 Å². The van der Waals surface area contributed by atoms with Crippen LogP contribution in [0.5, 0.6) is 0 Å². The van der Waals surface area contributed by atoms with Crippen LogP contribution in [0.25, 0.3) is 11.1 Å². The molecule has 0 saturated heterocycles. The Morgan fingerprint density at radius 3 is 2.00 bits per heavy atom. The summed E-state index contributed by atoms with van der Waals surface area (Å²) >= 11 is 0. The van der Waals surface area contributed by atoms with E-state index in [1.807, 2.05) is 69.3 Å². The maximum Gasteiger partial charge on any atom is 0.407 e. The number of hydrogen-bond donors (Lipinski definition) is 4. The fourth-order valence-corrected chi connectivity index (χ4v) is 4.09. The molecule has 2 atom stereocenters. The summed E-state index contributed by atoms with van der Waals surface area (Å²) in [5.74, 6) is -2.16. The van der Waals surface area contributed by atoms with E-state index in [2.05, 4.69) is 10.6 Å². The van der Waals surface area contributed by atoms with E-state index in [1.165, 1.54) is 0 Å². The maximum atomic E-state index is 12.7. The van der Waals surface area contributed by atoms with Crippen LogP contribution in [0.4, 0.5) is 4.79 Å². The van der Waals surface area contributed by atoms with E-state index in [0.717, 1.165) is 22.3 Å². The van der Waals surface area contributed by atoms with E-state index in [4.69, 9.17) is 9.84 Å². The third kappa shape index (κ3) is 6.14. The number of amides is 2. The number of ether oxygens (including phenoxy) is 1. The Balaban J connectivity index is 1.68. The fourth-order valence-electron chi connectivity index (χ4n) is 4.09. The molecule has 1 aliphatic carbocycles. The van der Waals surface area contributed by atoms with Gasteiger partial charge in [-0.3, -0.25) is 4.79 Å². The van der Waals surface area contributed by atoms with Crippen molar-refractivity contribution in [3.05, 3.63) is 59.7 Å². The monoisotopic (exact) mass is 468 g/mol. The third-order valence-electron chi connectivity index (χ3n) is 5.93. The minimum absolute atomic E-state index is 0.0991. The zero-order valence-electron chi connectivity index (χ0n) is 19.7. The summed E-state index contributed by atoms with van der Waals surface area (Å²) in [6, 6.07) is 13.5. The number of rotatable bonds is 9. The summed E-state index contributed by atoms with van der Waals surface area (Å²) in [6.07, 6.45) is 0.134. The quantitative estimate of drug-likeness (QED) is 0.448. The number of carboxylic acids is 1. The number of aliphatic carboxylic acids is 1. The maximum absolute atomic E-state index is 12.7. The second kappa shape index (κ2) is 10.7. The summed E-state index contributed by atoms with van der Waals surface area (Å²) < 4.78 is 5.54. The third-order valence-corrected chi connectivity index (χ3v) is 5.93. The lowest BCUT2D eigenvalue weighted by molar-refractivity contribution is -0.143. The molecule has 1 aliphatic rings. The van der Waals surface area contributed by atoms with Gasteiger partial charge in [0.25, 0.3) is 0 Å². The van der Waals surface area contributed by atoms with Gasteiger partial charge in [0.15, 0.2) is 0 Å². The Bertz CT molecular complexity index is 1000. The highest BCUT2D eigenvalue weighted by molar-refractivity contribution is 5.89. The van der Waals surface area contributed by atoms with Gasteiger partial charge < -0.3 is 25.6 Å². The molecule has 34 heavy (non-hydrogen) atoms. The molecule has 0 aromatic heterocycles. The first-order valence-corrected chi connectivity index (χ1v) is 11.4. The van der Waals surface area contributed by atoms with Crippen molar-refractivity contribution in [1.82, 2.24) is 10.6 Å². The Labute approximate surface area is 199 Å². The van der Waals surface area contributed by atoms with Gasteiger partial charge in [-0.15, -0.1) is 0 Å². The predicted octanol–water partition coefficient (Wildman–Crippen LogP) is 3.28. The van der Waals surface area contributed by atoms with Crippen LogP contribution in [0.2, 0.25) is 0 Å². The summed E-state index contributed by atoms with van der Waals surface area (Å²) in [4.78, 5) is 36.6. The van der Waals surface area contributed by atoms with Crippen LogP contribution < -0.4 is 10.6 Å². The second-order valence-corrected chi connectivity index (χ2v) is 9.70. The van der Waals surface area contributed by atoms with Crippen LogP contribution in [-0.2, 0) is 14.3 Å². The summed E-state index contributed by atoms with van der Waals surface area (Å²) in [6.45, 7) is 5.36. The van der Waals surface area contributed by atoms with Gasteiger partial charge in [-0.2, -0.15) is 0 Å². The molecule has 2 amide bonds. The van der Waals surface area contributed by atoms with E-state index in [0.29, 0.717) is 6.42 Å². The van der Waals surface area contributed by atoms with E-state index in [-0.39, 0.29) is 24.4 Å². The van der Waals surface area contributed by atoms with Crippen molar-refractivity contribution >= 4 is 18.0 Å². The van der Waals surface area contributed by atoms with Gasteiger partial charge in [0, 0.05) is 5.92 Å². The van der Waals surface area contributed by atoms with E-state index >= 15 is 0 Å². The van der Waals surface area contributed by atoms with Gasteiger partial charge in [-0.1, -0.05) is 69.3 Å². The van der Waals surface area contributed by atoms with Crippen molar-refractivity contribution in [2.75, 3.05) is 13.2 Å². The molecule has 1 unspecified atom stereocenters. The molecule has 0 fully saturated rings. The average Bonchev–Trinajstić information content (AvgIpc) is 3.11. The lowest BCUT2D eigenvalue weighted by atomic mass is 9.88. The van der Waals surface area contributed by atoms with Gasteiger partial charge in [0.1, 0.15) is 18.7 Å². The van der Waals surface area contributed by atoms with Gasteiger partial charge >= 0.3 is 12.1 Å². The fraction of sp³-hybridized carbons (Fsp3) is 0.423. The first-order chi connectivity index (χ1) is 16.1. The van der Waals surface area contributed by atoms with Crippen molar-refractivity contribution in [3.63, 3.8) is 0 Å². The molecule has 0 heterocycles. The molecular formula is C26H32N2O6. The van der Waals surface area contributed by atoms with Crippen molar-refractivity contribution in [2.24, 2.45) is 5.41 Å². The lowest BCUT2D eigenvalue weighted by Crippen LogP contribution is -2.53. The van der Waals surface area contributed by atoms with Gasteiger partial charge in [-0.25, -0.2) is 9.59 Å². The van der Waals surface area contributed by atoms with Gasteiger partial charge in [0.05, 0.1) is 6.61 Å². The molecule has 0 radical (unpaired) electrons. The second-order valence-electron chi connectivity index (χ2n) is 9.70. The minimum Gasteiger partial charge on any atom is -0.480 e. The molecule has 8 heteroatoms. The number of fused-ring (bicyclic) bond motifs is 3. The highest BCUT2D eigenvalue weighted by atomic mass is 16.5. The molecule has 0 spiro atoms. The highest BCUT2D eigenvalue weighted by Crippen LogP contribution is 2.44. The van der Waals surface area contributed by atoms with Crippen LogP contribution in [0.15, 0.2) is 48.5 Å². The normalized spacial score (nSPS) is 14.5. The van der Waals surface area contributed by atoms with Crippen molar-refractivity contribution in [2.45, 2.75) is 51.6 Å². The zero-order chi connectivity index (χ0) is 24.9. The summed E-state index contributed by atoms with van der Waals surface area (Å²) in [7, 11) is 0. The van der Waals surface area contributed by atoms with Crippen LogP contribution in [0, 0.1) is 5.41 Å². The number of carbonyl (C=O) groups excluding carboxylic acids is 2. The summed E-state index contributed by atoms with van der Waals surface area (Å²) in [5.41, 5.74) is 4.26. The van der Waals surface area contributed by atoms with Crippen LogP contribution in [-0.4, -0.2) is 53.5 Å². The van der Waals surface area contributed by atoms with Gasteiger partial charge in [0.2, 0.25) is 5.91 Å². The first-order valence-electron chi connectivity index (χ1n) is 11.4. The zero-order valence-corrected chi connectivity index (χ0v) is 19.7. The Kier molecular flexibility index (Phi) is 7.94. The number of aliphatic hydroxyl groups excluding tert-OH is 1. The smallest absolute Gasteiger partial charge is 0.407 e. The van der Waals surface area contributed by atoms with Gasteiger partial charge in [-0.05, 0) is 40.5 Å². The van der Waals surface area contributed by atoms with Crippen molar-refractivity contribution < 1.29 is 29.3 Å². The number of aliphatic hydroxyl groups is 1. The molecule has 4 N–H and O–H groups in total. The molecule has 0 bridgehead atoms. The average molecular weight is 469 g/mol. The number of nitrogens with one attached hydrogen (secondary N) is 2. The van der Waals surface area contributed by atoms with Crippen LogP contribution in [0.1, 0.15) is 50.7 Å². The largest absolute Gasteiger partial charge is 0.480 e. The Hall–Kier alpha value is -3.39. The molecule has 182 valence electrons. The predicted molar refractivity (Wildman–Crippen MR) is 127 cm³/mol. The van der Waals surface area contributed by atoms with E-state index < -0.39 is 36.7 Å². The standard InChI is InChI=1S/C26H32N2O6/c1-26(2,3)13-12-21(23(30)27-22(14-29)24(31)32)28-25(33)34-15-20-18-10-6-4-8-16(18)17-9-5-7-11-19(17)20/h4-11,20-22,29H,12-15H2,1-3H3,(H,27,30)(H,28,33)(H,31,32)/t21?,22-/m0/s1. The molecule has 0 aliphatic heterocycles. The number of benzene rings is 2. The first kappa shape index (κ1) is 25.2. The molecule has 2 aromatic carbocycles. The minimum atomic E-state index is -1.45. The van der Waals surface area contributed by atoms with Crippen molar-refractivity contribution in [1.29, 1.82) is 0 Å². The number of alkyl carbamates (subject to hydrolysis) is 1. The van der Waals surface area contributed by atoms with Crippen LogP contribution >= 0.6 is 0 Å². The van der Waals surface area contributed by atoms with Crippen LogP contribution in [0.3, 0.4) is 0 Å². The van der Waals surface area contributed by atoms with E-state index in [9.17, 15) is 19.5 Å². The Morgan fingerprint density at radius 2 is 1.50 bits per heavy atom. The lowest BCUT2D eigenvalue weighted by Gasteiger charge is -2.24. The number of carbonyl (C=O) groups is 3. The highest BCUT2D eigenvalue weighted by Gasteiger charge is 2.31.